The minimum Gasteiger partial charge on any atom is -0.390 e. The van der Waals surface area contributed by atoms with Crippen LogP contribution in [0.1, 0.15) is 31.7 Å². The molecule has 96 valence electrons. The molecule has 18 heavy (non-hydrogen) atoms. The van der Waals surface area contributed by atoms with Crippen molar-refractivity contribution in [2.75, 3.05) is 18.0 Å². The quantitative estimate of drug-likeness (QED) is 0.848. The van der Waals surface area contributed by atoms with Crippen LogP contribution in [0.5, 0.6) is 0 Å². The molecule has 1 unspecified atom stereocenters. The van der Waals surface area contributed by atoms with E-state index in [0.717, 1.165) is 38.0 Å². The summed E-state index contributed by atoms with van der Waals surface area (Å²) >= 11 is 6.05. The zero-order chi connectivity index (χ0) is 13.2. The number of nitrogens with zero attached hydrogens (tertiary/aromatic N) is 2. The third-order valence-corrected chi connectivity index (χ3v) is 3.81. The molecular weight excluding hydrogens is 248 g/mol. The molecule has 1 N–H and O–H groups in total. The molecule has 1 aromatic carbocycles. The highest BCUT2D eigenvalue weighted by Crippen LogP contribution is 2.28. The van der Waals surface area contributed by atoms with Gasteiger partial charge in [-0.2, -0.15) is 5.26 Å². The Bertz CT molecular complexity index is 479. The second-order valence-electron chi connectivity index (χ2n) is 5.11. The van der Waals surface area contributed by atoms with E-state index in [0.29, 0.717) is 10.6 Å². The normalized spacial score (nSPS) is 24.4. The minimum atomic E-state index is -0.564. The first kappa shape index (κ1) is 13.2. The average molecular weight is 265 g/mol. The summed E-state index contributed by atoms with van der Waals surface area (Å²) in [6.45, 7) is 3.62. The van der Waals surface area contributed by atoms with Crippen molar-refractivity contribution < 1.29 is 5.11 Å². The molecule has 0 spiro atoms. The first-order chi connectivity index (χ1) is 8.52. The van der Waals surface area contributed by atoms with E-state index < -0.39 is 5.60 Å². The molecule has 0 saturated carbocycles. The fourth-order valence-corrected chi connectivity index (χ4v) is 2.53. The molecule has 0 radical (unpaired) electrons. The zero-order valence-corrected chi connectivity index (χ0v) is 11.2. The van der Waals surface area contributed by atoms with Crippen molar-refractivity contribution in [3.63, 3.8) is 0 Å². The third-order valence-electron chi connectivity index (χ3n) is 3.50. The fraction of sp³-hybridized carbons (Fsp3) is 0.500. The highest BCUT2D eigenvalue weighted by molar-refractivity contribution is 6.32. The minimum absolute atomic E-state index is 0.492. The van der Waals surface area contributed by atoms with Gasteiger partial charge >= 0.3 is 0 Å². The van der Waals surface area contributed by atoms with Crippen molar-refractivity contribution >= 4 is 17.3 Å². The molecule has 1 heterocycles. The number of rotatable bonds is 1. The number of halogens is 1. The first-order valence-corrected chi connectivity index (χ1v) is 6.57. The van der Waals surface area contributed by atoms with E-state index in [9.17, 15) is 5.11 Å². The average Bonchev–Trinajstić information content (AvgIpc) is 2.50. The Morgan fingerprint density at radius 2 is 2.17 bits per heavy atom. The Hall–Kier alpha value is -1.24. The van der Waals surface area contributed by atoms with Crippen LogP contribution >= 0.6 is 11.6 Å². The SMILES string of the molecule is CC1(O)CCCN(c2ccc(C#N)c(Cl)c2)CC1. The molecule has 0 amide bonds. The van der Waals surface area contributed by atoms with Crippen LogP contribution < -0.4 is 4.90 Å². The summed E-state index contributed by atoms with van der Waals surface area (Å²) in [6, 6.07) is 7.57. The van der Waals surface area contributed by atoms with E-state index in [1.54, 1.807) is 6.07 Å². The highest BCUT2D eigenvalue weighted by atomic mass is 35.5. The number of benzene rings is 1. The number of anilines is 1. The maximum absolute atomic E-state index is 10.1. The van der Waals surface area contributed by atoms with Crippen LogP contribution in [-0.4, -0.2) is 23.8 Å². The lowest BCUT2D eigenvalue weighted by atomic mass is 9.98. The van der Waals surface area contributed by atoms with Gasteiger partial charge in [-0.1, -0.05) is 11.6 Å². The van der Waals surface area contributed by atoms with E-state index in [4.69, 9.17) is 16.9 Å². The van der Waals surface area contributed by atoms with Crippen molar-refractivity contribution in [2.45, 2.75) is 31.8 Å². The Balaban J connectivity index is 2.17. The molecule has 0 bridgehead atoms. The lowest BCUT2D eigenvalue weighted by Crippen LogP contribution is -2.28. The zero-order valence-electron chi connectivity index (χ0n) is 10.5. The lowest BCUT2D eigenvalue weighted by molar-refractivity contribution is 0.0481. The Kier molecular flexibility index (Phi) is 3.79. The lowest BCUT2D eigenvalue weighted by Gasteiger charge is -2.24. The van der Waals surface area contributed by atoms with Gasteiger partial charge in [0.2, 0.25) is 0 Å². The molecule has 4 heteroatoms. The van der Waals surface area contributed by atoms with Gasteiger partial charge < -0.3 is 10.0 Å². The smallest absolute Gasteiger partial charge is 0.101 e. The third kappa shape index (κ3) is 2.95. The van der Waals surface area contributed by atoms with Crippen LogP contribution in [-0.2, 0) is 0 Å². The largest absolute Gasteiger partial charge is 0.390 e. The topological polar surface area (TPSA) is 47.3 Å². The Labute approximate surface area is 113 Å². The monoisotopic (exact) mass is 264 g/mol. The molecule has 1 aliphatic heterocycles. The van der Waals surface area contributed by atoms with Crippen molar-refractivity contribution in [3.8, 4) is 6.07 Å². The second kappa shape index (κ2) is 5.17. The predicted molar refractivity (Wildman–Crippen MR) is 72.9 cm³/mol. The standard InChI is InChI=1S/C14H17ClN2O/c1-14(18)5-2-7-17(8-6-14)12-4-3-11(10-16)13(15)9-12/h3-4,9,18H,2,5-8H2,1H3. The van der Waals surface area contributed by atoms with E-state index in [1.165, 1.54) is 0 Å². The van der Waals surface area contributed by atoms with Gasteiger partial charge in [0.15, 0.2) is 0 Å². The molecule has 2 rings (SSSR count). The molecule has 1 fully saturated rings. The molecule has 1 saturated heterocycles. The first-order valence-electron chi connectivity index (χ1n) is 6.19. The molecule has 3 nitrogen and oxygen atoms in total. The van der Waals surface area contributed by atoms with Gasteiger partial charge in [0.05, 0.1) is 16.2 Å². The molecule has 1 aromatic rings. The van der Waals surface area contributed by atoms with Crippen molar-refractivity contribution in [1.29, 1.82) is 5.26 Å². The summed E-state index contributed by atoms with van der Waals surface area (Å²) in [6.07, 6.45) is 2.54. The van der Waals surface area contributed by atoms with Gasteiger partial charge in [0.1, 0.15) is 6.07 Å². The van der Waals surface area contributed by atoms with Crippen LogP contribution in [0.3, 0.4) is 0 Å². The summed E-state index contributed by atoms with van der Waals surface area (Å²) in [5.41, 5.74) is 0.962. The van der Waals surface area contributed by atoms with Crippen LogP contribution in [0.2, 0.25) is 5.02 Å². The maximum atomic E-state index is 10.1. The van der Waals surface area contributed by atoms with Gasteiger partial charge in [-0.3, -0.25) is 0 Å². The summed E-state index contributed by atoms with van der Waals surface area (Å²) in [5, 5.41) is 19.4. The molecular formula is C14H17ClN2O. The van der Waals surface area contributed by atoms with Gasteiger partial charge in [0.25, 0.3) is 0 Å². The predicted octanol–water partition coefficient (Wildman–Crippen LogP) is 2.95. The summed E-state index contributed by atoms with van der Waals surface area (Å²) in [5.74, 6) is 0. The van der Waals surface area contributed by atoms with Gasteiger partial charge in [-0.05, 0) is 44.4 Å². The van der Waals surface area contributed by atoms with Crippen molar-refractivity contribution in [1.82, 2.24) is 0 Å². The summed E-state index contributed by atoms with van der Waals surface area (Å²) in [4.78, 5) is 2.22. The summed E-state index contributed by atoms with van der Waals surface area (Å²) in [7, 11) is 0. The van der Waals surface area contributed by atoms with E-state index in [-0.39, 0.29) is 0 Å². The van der Waals surface area contributed by atoms with E-state index >= 15 is 0 Å². The van der Waals surface area contributed by atoms with Crippen molar-refractivity contribution in [3.05, 3.63) is 28.8 Å². The van der Waals surface area contributed by atoms with E-state index in [2.05, 4.69) is 11.0 Å². The Morgan fingerprint density at radius 1 is 1.39 bits per heavy atom. The van der Waals surface area contributed by atoms with Gasteiger partial charge in [0, 0.05) is 18.8 Å². The highest BCUT2D eigenvalue weighted by Gasteiger charge is 2.25. The molecule has 1 aliphatic rings. The fourth-order valence-electron chi connectivity index (χ4n) is 2.31. The molecule has 0 aliphatic carbocycles. The van der Waals surface area contributed by atoms with Crippen LogP contribution in [0.15, 0.2) is 18.2 Å². The van der Waals surface area contributed by atoms with Crippen LogP contribution in [0, 0.1) is 11.3 Å². The van der Waals surface area contributed by atoms with Crippen LogP contribution in [0.25, 0.3) is 0 Å². The van der Waals surface area contributed by atoms with Crippen LogP contribution in [0.4, 0.5) is 5.69 Å². The molecule has 1 atom stereocenters. The second-order valence-corrected chi connectivity index (χ2v) is 5.52. The molecule has 0 aromatic heterocycles. The number of aliphatic hydroxyl groups is 1. The summed E-state index contributed by atoms with van der Waals surface area (Å²) < 4.78 is 0. The Morgan fingerprint density at radius 3 is 2.83 bits per heavy atom. The van der Waals surface area contributed by atoms with E-state index in [1.807, 2.05) is 19.1 Å². The number of nitriles is 1. The maximum Gasteiger partial charge on any atom is 0.101 e. The number of hydrogen-bond acceptors (Lipinski definition) is 3. The van der Waals surface area contributed by atoms with Gasteiger partial charge in [-0.25, -0.2) is 0 Å². The van der Waals surface area contributed by atoms with Crippen molar-refractivity contribution in [2.24, 2.45) is 0 Å². The number of hydrogen-bond donors (Lipinski definition) is 1. The van der Waals surface area contributed by atoms with Gasteiger partial charge in [-0.15, -0.1) is 0 Å².